The first kappa shape index (κ1) is 42.9. The van der Waals surface area contributed by atoms with Crippen molar-refractivity contribution in [1.29, 1.82) is 0 Å². The summed E-state index contributed by atoms with van der Waals surface area (Å²) in [5.74, 6) is 0. The van der Waals surface area contributed by atoms with Gasteiger partial charge in [-0.15, -0.1) is 0 Å². The van der Waals surface area contributed by atoms with Crippen molar-refractivity contribution in [3.63, 3.8) is 0 Å². The number of nitrogens with one attached hydrogen (secondary N) is 2. The Balaban J connectivity index is 0.000000200. The highest BCUT2D eigenvalue weighted by atomic mass is 14.9. The molecule has 0 aromatic heterocycles. The number of hydrogen-bond donors (Lipinski definition) is 2. The zero-order valence-corrected chi connectivity index (χ0v) is 36.4. The number of allylic oxidation sites excluding steroid dienone is 13. The fourth-order valence-electron chi connectivity index (χ4n) is 9.04. The minimum Gasteiger partial charge on any atom is -0.368 e. The molecule has 312 valence electrons. The molecular formula is C62H54N2. The summed E-state index contributed by atoms with van der Waals surface area (Å²) in [6, 6.07) is 59.9. The molecule has 2 nitrogen and oxygen atoms in total. The van der Waals surface area contributed by atoms with Crippen molar-refractivity contribution in [2.75, 3.05) is 7.05 Å². The lowest BCUT2D eigenvalue weighted by Crippen LogP contribution is -2.27. The standard InChI is InChI=1S/C40H29N.C14H15N.C8H10/c1-2-10-29-11-5-6-17-37(29)40(21-7-1)38-27-34(31-15-8-14-30(24-31)28-16-9-22-41-23-20-28)18-19-35(38)36-25-32-12-3-4-13-33(32)26-39(36)40;1-15-14(12-8-4-2-5-9-12)13-10-6-3-7-11-13;1-3-5-7-8-6-4-2/h1-20,22-27,41H,21H2;2-11,14-15H,1H3;3-8H,1-2H2/b7-1-,10-2-;;7-5-,8-6-. The van der Waals surface area contributed by atoms with Crippen LogP contribution in [0.1, 0.15) is 51.4 Å². The summed E-state index contributed by atoms with van der Waals surface area (Å²) in [6.45, 7) is 7.02. The van der Waals surface area contributed by atoms with Gasteiger partial charge >= 0.3 is 0 Å². The van der Waals surface area contributed by atoms with Crippen molar-refractivity contribution in [3.05, 3.63) is 301 Å². The minimum atomic E-state index is -0.275. The molecule has 1 atom stereocenters. The molecule has 2 heteroatoms. The Morgan fingerprint density at radius 1 is 0.531 bits per heavy atom. The normalized spacial score (nSPS) is 16.4. The summed E-state index contributed by atoms with van der Waals surface area (Å²) >= 11 is 0. The highest BCUT2D eigenvalue weighted by Crippen LogP contribution is 2.57. The Bertz CT molecular complexity index is 2900. The average molecular weight is 827 g/mol. The van der Waals surface area contributed by atoms with Crippen molar-refractivity contribution in [1.82, 2.24) is 10.6 Å². The largest absolute Gasteiger partial charge is 0.368 e. The molecule has 1 unspecified atom stereocenters. The predicted octanol–water partition coefficient (Wildman–Crippen LogP) is 15.3. The summed E-state index contributed by atoms with van der Waals surface area (Å²) in [5, 5.41) is 9.08. The van der Waals surface area contributed by atoms with Crippen LogP contribution in [0.5, 0.6) is 0 Å². The van der Waals surface area contributed by atoms with E-state index in [0.29, 0.717) is 0 Å². The zero-order valence-electron chi connectivity index (χ0n) is 36.4. The number of fused-ring (bicyclic) bond motifs is 8. The van der Waals surface area contributed by atoms with Crippen LogP contribution in [0.3, 0.4) is 0 Å². The maximum atomic E-state index is 3.51. The quantitative estimate of drug-likeness (QED) is 0.149. The van der Waals surface area contributed by atoms with Crippen LogP contribution in [-0.4, -0.2) is 7.05 Å². The van der Waals surface area contributed by atoms with Gasteiger partial charge in [0.2, 0.25) is 0 Å². The fraction of sp³-hybridized carbons (Fsp3) is 0.0645. The van der Waals surface area contributed by atoms with Crippen LogP contribution in [0.2, 0.25) is 0 Å². The van der Waals surface area contributed by atoms with Crippen LogP contribution in [0, 0.1) is 0 Å². The third-order valence-electron chi connectivity index (χ3n) is 12.0. The van der Waals surface area contributed by atoms with E-state index in [1.54, 1.807) is 12.2 Å². The molecule has 10 rings (SSSR count). The van der Waals surface area contributed by atoms with E-state index in [1.165, 1.54) is 77.5 Å². The van der Waals surface area contributed by atoms with E-state index in [0.717, 1.165) is 6.42 Å². The van der Waals surface area contributed by atoms with Crippen molar-refractivity contribution in [2.24, 2.45) is 0 Å². The minimum absolute atomic E-state index is 0.275. The molecule has 7 aromatic carbocycles. The van der Waals surface area contributed by atoms with Crippen molar-refractivity contribution in [3.8, 4) is 22.3 Å². The molecule has 0 saturated carbocycles. The van der Waals surface area contributed by atoms with Gasteiger partial charge in [-0.25, -0.2) is 0 Å². The summed E-state index contributed by atoms with van der Waals surface area (Å²) < 4.78 is 0. The molecule has 3 aliphatic rings. The summed E-state index contributed by atoms with van der Waals surface area (Å²) in [4.78, 5) is 0. The van der Waals surface area contributed by atoms with E-state index in [2.05, 4.69) is 218 Å². The van der Waals surface area contributed by atoms with E-state index in [1.807, 2.05) is 55.9 Å². The van der Waals surface area contributed by atoms with Crippen LogP contribution in [0.25, 0.3) is 44.7 Å². The third-order valence-corrected chi connectivity index (χ3v) is 12.0. The van der Waals surface area contributed by atoms with Crippen LogP contribution < -0.4 is 10.6 Å². The lowest BCUT2D eigenvalue weighted by atomic mass is 9.67. The molecule has 0 radical (unpaired) electrons. The summed E-state index contributed by atoms with van der Waals surface area (Å²) in [7, 11) is 1.99. The lowest BCUT2D eigenvalue weighted by molar-refractivity contribution is 0.644. The maximum Gasteiger partial charge on any atom is 0.0574 e. The second kappa shape index (κ2) is 20.9. The van der Waals surface area contributed by atoms with Crippen LogP contribution in [0.15, 0.2) is 262 Å². The Hall–Kier alpha value is -7.78. The Morgan fingerprint density at radius 3 is 1.89 bits per heavy atom. The summed E-state index contributed by atoms with van der Waals surface area (Å²) in [5.41, 5.74) is 15.3. The molecular weight excluding hydrogens is 773 g/mol. The molecule has 2 aliphatic carbocycles. The van der Waals surface area contributed by atoms with Crippen molar-refractivity contribution < 1.29 is 0 Å². The highest BCUT2D eigenvalue weighted by molar-refractivity contribution is 5.96. The van der Waals surface area contributed by atoms with Crippen LogP contribution in [0.4, 0.5) is 0 Å². The van der Waals surface area contributed by atoms with Crippen LogP contribution >= 0.6 is 0 Å². The van der Waals surface area contributed by atoms with Gasteiger partial charge in [0.15, 0.2) is 0 Å². The molecule has 0 bridgehead atoms. The lowest BCUT2D eigenvalue weighted by Gasteiger charge is -2.34. The van der Waals surface area contributed by atoms with Gasteiger partial charge in [0.25, 0.3) is 0 Å². The SMILES string of the molecule is C1=CNC=CC(c2cccc(-c3ccc4c(c3)C3(C/C=C\C=C/c5ccccc53)c3cc5ccccc5cc3-4)c2)=C1.C=C/C=C\C=C/C=C.CNC(c1ccccc1)c1ccccc1. The molecule has 7 aromatic rings. The molecule has 0 saturated heterocycles. The van der Waals surface area contributed by atoms with E-state index in [9.17, 15) is 0 Å². The number of rotatable bonds is 8. The first-order valence-corrected chi connectivity index (χ1v) is 22.0. The monoisotopic (exact) mass is 826 g/mol. The molecule has 1 heterocycles. The second-order valence-corrected chi connectivity index (χ2v) is 15.8. The van der Waals surface area contributed by atoms with Crippen molar-refractivity contribution >= 4 is 22.4 Å². The fourth-order valence-corrected chi connectivity index (χ4v) is 9.04. The number of benzene rings is 7. The van der Waals surface area contributed by atoms with E-state index < -0.39 is 0 Å². The van der Waals surface area contributed by atoms with Gasteiger partial charge in [-0.3, -0.25) is 0 Å². The highest BCUT2D eigenvalue weighted by Gasteiger charge is 2.45. The average Bonchev–Trinajstić information content (AvgIpc) is 3.46. The smallest absolute Gasteiger partial charge is 0.0574 e. The maximum absolute atomic E-state index is 3.51. The molecule has 64 heavy (non-hydrogen) atoms. The molecule has 0 amide bonds. The topological polar surface area (TPSA) is 24.1 Å². The first-order chi connectivity index (χ1) is 31.6. The van der Waals surface area contributed by atoms with Gasteiger partial charge in [-0.2, -0.15) is 0 Å². The number of hydrogen-bond acceptors (Lipinski definition) is 2. The summed E-state index contributed by atoms with van der Waals surface area (Å²) in [6.07, 6.45) is 31.1. The second-order valence-electron chi connectivity index (χ2n) is 15.8. The molecule has 1 spiro atoms. The molecule has 2 N–H and O–H groups in total. The Morgan fingerprint density at radius 2 is 1.17 bits per heavy atom. The Labute approximate surface area is 379 Å². The van der Waals surface area contributed by atoms with Gasteiger partial charge < -0.3 is 10.6 Å². The van der Waals surface area contributed by atoms with Crippen LogP contribution in [-0.2, 0) is 5.41 Å². The zero-order chi connectivity index (χ0) is 44.0. The van der Waals surface area contributed by atoms with Gasteiger partial charge in [0, 0.05) is 12.4 Å². The molecule has 0 fully saturated rings. The third kappa shape index (κ3) is 9.34. The predicted molar refractivity (Wildman–Crippen MR) is 276 cm³/mol. The van der Waals surface area contributed by atoms with Gasteiger partial charge in [-0.05, 0) is 127 Å². The molecule has 1 aliphatic heterocycles. The van der Waals surface area contributed by atoms with Crippen molar-refractivity contribution in [2.45, 2.75) is 17.9 Å². The van der Waals surface area contributed by atoms with Gasteiger partial charge in [0.1, 0.15) is 0 Å². The van der Waals surface area contributed by atoms with Gasteiger partial charge in [-0.1, -0.05) is 220 Å². The van der Waals surface area contributed by atoms with E-state index in [4.69, 9.17) is 0 Å². The van der Waals surface area contributed by atoms with Gasteiger partial charge in [0.05, 0.1) is 11.5 Å². The first-order valence-electron chi connectivity index (χ1n) is 22.0. The van der Waals surface area contributed by atoms with E-state index in [-0.39, 0.29) is 11.5 Å². The van der Waals surface area contributed by atoms with E-state index >= 15 is 0 Å². The Kier molecular flexibility index (Phi) is 14.0.